The van der Waals surface area contributed by atoms with E-state index in [-0.39, 0.29) is 29.6 Å². The van der Waals surface area contributed by atoms with Gasteiger partial charge >= 0.3 is 0 Å². The Bertz CT molecular complexity index is 1410. The first-order valence-corrected chi connectivity index (χ1v) is 13.7. The highest BCUT2D eigenvalue weighted by atomic mass is 35.5. The molecule has 0 radical (unpaired) electrons. The van der Waals surface area contributed by atoms with Crippen LogP contribution in [-0.2, 0) is 27.9 Å². The number of benzene rings is 2. The number of amides is 2. The van der Waals surface area contributed by atoms with Crippen molar-refractivity contribution in [2.24, 2.45) is 5.41 Å². The van der Waals surface area contributed by atoms with E-state index in [4.69, 9.17) is 11.6 Å². The highest BCUT2D eigenvalue weighted by Gasteiger charge is 2.37. The molecule has 1 aromatic heterocycles. The highest BCUT2D eigenvalue weighted by molar-refractivity contribution is 7.89. The van der Waals surface area contributed by atoms with Crippen LogP contribution in [0, 0.1) is 5.41 Å². The molecule has 0 saturated carbocycles. The molecule has 37 heavy (non-hydrogen) atoms. The molecule has 9 nitrogen and oxygen atoms in total. The van der Waals surface area contributed by atoms with Crippen LogP contribution in [0.1, 0.15) is 37.0 Å². The molecule has 0 saturated heterocycles. The molecule has 2 N–H and O–H groups in total. The molecule has 2 amide bonds. The van der Waals surface area contributed by atoms with Gasteiger partial charge in [0, 0.05) is 30.7 Å². The predicted octanol–water partition coefficient (Wildman–Crippen LogP) is 3.30. The molecule has 196 valence electrons. The maximum absolute atomic E-state index is 13.6. The SMILES string of the molecule is CNC(=O)[C@@H](NC(=O)c1nc(-c2ccccc2)n2c1CN(S(=O)(=O)c1ccc(Cl)cc1)CC2)C(C)(C)C. The van der Waals surface area contributed by atoms with E-state index >= 15 is 0 Å². The number of halogens is 1. The molecular weight excluding hydrogens is 514 g/mol. The normalized spacial score (nSPS) is 15.1. The van der Waals surface area contributed by atoms with Gasteiger partial charge in [-0.2, -0.15) is 4.31 Å². The van der Waals surface area contributed by atoms with Crippen molar-refractivity contribution in [1.82, 2.24) is 24.5 Å². The molecule has 1 aliphatic heterocycles. The van der Waals surface area contributed by atoms with Gasteiger partial charge in [0.25, 0.3) is 5.91 Å². The summed E-state index contributed by atoms with van der Waals surface area (Å²) >= 11 is 5.94. The molecular formula is C26H30ClN5O4S. The van der Waals surface area contributed by atoms with E-state index in [2.05, 4.69) is 15.6 Å². The lowest BCUT2D eigenvalue weighted by atomic mass is 9.86. The molecule has 2 aromatic carbocycles. The Morgan fingerprint density at radius 3 is 2.27 bits per heavy atom. The van der Waals surface area contributed by atoms with Crippen molar-refractivity contribution in [3.8, 4) is 11.4 Å². The average Bonchev–Trinajstić information content (AvgIpc) is 3.26. The van der Waals surface area contributed by atoms with E-state index in [1.807, 2.05) is 55.7 Å². The summed E-state index contributed by atoms with van der Waals surface area (Å²) in [7, 11) is -2.33. The van der Waals surface area contributed by atoms with Crippen molar-refractivity contribution in [3.05, 3.63) is 71.0 Å². The summed E-state index contributed by atoms with van der Waals surface area (Å²) in [4.78, 5) is 30.9. The van der Waals surface area contributed by atoms with Crippen LogP contribution >= 0.6 is 11.6 Å². The topological polar surface area (TPSA) is 113 Å². The summed E-state index contributed by atoms with van der Waals surface area (Å²) in [5, 5.41) is 5.85. The number of rotatable bonds is 6. The molecule has 3 aromatic rings. The molecule has 1 aliphatic rings. The highest BCUT2D eigenvalue weighted by Crippen LogP contribution is 2.30. The van der Waals surface area contributed by atoms with Crippen molar-refractivity contribution >= 4 is 33.4 Å². The predicted molar refractivity (Wildman–Crippen MR) is 141 cm³/mol. The molecule has 2 heterocycles. The molecule has 4 rings (SSSR count). The van der Waals surface area contributed by atoms with E-state index in [0.29, 0.717) is 23.1 Å². The number of nitrogens with zero attached hydrogens (tertiary/aromatic N) is 3. The minimum atomic E-state index is -3.85. The van der Waals surface area contributed by atoms with Crippen molar-refractivity contribution in [3.63, 3.8) is 0 Å². The summed E-state index contributed by atoms with van der Waals surface area (Å²) in [5.41, 5.74) is 0.787. The van der Waals surface area contributed by atoms with E-state index < -0.39 is 27.4 Å². The van der Waals surface area contributed by atoms with Gasteiger partial charge in [-0.25, -0.2) is 13.4 Å². The average molecular weight is 544 g/mol. The van der Waals surface area contributed by atoms with Crippen LogP contribution < -0.4 is 10.6 Å². The van der Waals surface area contributed by atoms with Gasteiger partial charge in [-0.15, -0.1) is 0 Å². The number of carbonyl (C=O) groups is 2. The van der Waals surface area contributed by atoms with Crippen LogP contribution in [0.4, 0.5) is 0 Å². The Balaban J connectivity index is 1.76. The van der Waals surface area contributed by atoms with Crippen molar-refractivity contribution in [1.29, 1.82) is 0 Å². The zero-order valence-electron chi connectivity index (χ0n) is 21.2. The van der Waals surface area contributed by atoms with Crippen molar-refractivity contribution < 1.29 is 18.0 Å². The van der Waals surface area contributed by atoms with Crippen LogP contribution in [0.3, 0.4) is 0 Å². The second-order valence-corrected chi connectivity index (χ2v) is 12.3. The quantitative estimate of drug-likeness (QED) is 0.495. The minimum absolute atomic E-state index is 0.0479. The van der Waals surface area contributed by atoms with Gasteiger partial charge in [-0.05, 0) is 29.7 Å². The number of aromatic nitrogens is 2. The number of likely N-dealkylation sites (N-methyl/N-ethyl adjacent to an activating group) is 1. The monoisotopic (exact) mass is 543 g/mol. The number of nitrogens with one attached hydrogen (secondary N) is 2. The van der Waals surface area contributed by atoms with Gasteiger partial charge in [0.1, 0.15) is 11.9 Å². The van der Waals surface area contributed by atoms with Gasteiger partial charge in [0.2, 0.25) is 15.9 Å². The smallest absolute Gasteiger partial charge is 0.272 e. The fourth-order valence-electron chi connectivity index (χ4n) is 4.31. The number of sulfonamides is 1. The van der Waals surface area contributed by atoms with Crippen LogP contribution in [0.2, 0.25) is 5.02 Å². The lowest BCUT2D eigenvalue weighted by molar-refractivity contribution is -0.124. The number of fused-ring (bicyclic) bond motifs is 1. The van der Waals surface area contributed by atoms with E-state index in [1.54, 1.807) is 0 Å². The largest absolute Gasteiger partial charge is 0.357 e. The minimum Gasteiger partial charge on any atom is -0.357 e. The third-order valence-electron chi connectivity index (χ3n) is 6.32. The fraction of sp³-hybridized carbons (Fsp3) is 0.346. The van der Waals surface area contributed by atoms with Gasteiger partial charge in [-0.3, -0.25) is 9.59 Å². The Hall–Kier alpha value is -3.21. The summed E-state index contributed by atoms with van der Waals surface area (Å²) < 4.78 is 30.0. The summed E-state index contributed by atoms with van der Waals surface area (Å²) in [6.07, 6.45) is 0. The standard InChI is InChI=1S/C26H30ClN5O4S/c1-26(2,3)22(25(34)28-4)30-24(33)21-20-16-31(37(35,36)19-12-10-18(27)11-13-19)14-15-32(20)23(29-21)17-8-6-5-7-9-17/h5-13,22H,14-16H2,1-4H3,(H,28,34)(H,30,33)/t22-/m1/s1. The van der Waals surface area contributed by atoms with Gasteiger partial charge in [0.15, 0.2) is 5.69 Å². The van der Waals surface area contributed by atoms with E-state index in [0.717, 1.165) is 5.56 Å². The van der Waals surface area contributed by atoms with E-state index in [9.17, 15) is 18.0 Å². The van der Waals surface area contributed by atoms with Crippen molar-refractivity contribution in [2.45, 2.75) is 44.8 Å². The molecule has 0 spiro atoms. The maximum Gasteiger partial charge on any atom is 0.272 e. The first-order valence-electron chi connectivity index (χ1n) is 11.9. The number of carbonyl (C=O) groups excluding carboxylic acids is 2. The summed E-state index contributed by atoms with van der Waals surface area (Å²) in [6, 6.07) is 14.6. The summed E-state index contributed by atoms with van der Waals surface area (Å²) in [6.45, 7) is 6.03. The first kappa shape index (κ1) is 26.8. The zero-order valence-corrected chi connectivity index (χ0v) is 22.7. The first-order chi connectivity index (χ1) is 17.4. The van der Waals surface area contributed by atoms with Crippen LogP contribution in [0.5, 0.6) is 0 Å². The van der Waals surface area contributed by atoms with Crippen LogP contribution in [0.15, 0.2) is 59.5 Å². The maximum atomic E-state index is 13.6. The zero-order chi connectivity index (χ0) is 27.0. The van der Waals surface area contributed by atoms with Crippen LogP contribution in [0.25, 0.3) is 11.4 Å². The molecule has 0 aliphatic carbocycles. The lowest BCUT2D eigenvalue weighted by Gasteiger charge is -2.30. The molecule has 0 unspecified atom stereocenters. The molecule has 0 bridgehead atoms. The van der Waals surface area contributed by atoms with Gasteiger partial charge in [-0.1, -0.05) is 62.7 Å². The van der Waals surface area contributed by atoms with Crippen LogP contribution in [-0.4, -0.2) is 53.7 Å². The Labute approximate surface area is 221 Å². The Morgan fingerprint density at radius 1 is 1.03 bits per heavy atom. The molecule has 11 heteroatoms. The molecule has 1 atom stereocenters. The molecule has 0 fully saturated rings. The van der Waals surface area contributed by atoms with E-state index in [1.165, 1.54) is 35.6 Å². The van der Waals surface area contributed by atoms with Gasteiger partial charge in [0.05, 0.1) is 17.1 Å². The number of hydrogen-bond acceptors (Lipinski definition) is 5. The summed E-state index contributed by atoms with van der Waals surface area (Å²) in [5.74, 6) is -0.305. The fourth-order valence-corrected chi connectivity index (χ4v) is 5.83. The lowest BCUT2D eigenvalue weighted by Crippen LogP contribution is -2.53. The van der Waals surface area contributed by atoms with Crippen molar-refractivity contribution in [2.75, 3.05) is 13.6 Å². The second kappa shape index (κ2) is 10.3. The second-order valence-electron chi connectivity index (χ2n) is 9.93. The Kier molecular flexibility index (Phi) is 7.45. The number of hydrogen-bond donors (Lipinski definition) is 2. The third-order valence-corrected chi connectivity index (χ3v) is 8.43. The van der Waals surface area contributed by atoms with Gasteiger partial charge < -0.3 is 15.2 Å². The Morgan fingerprint density at radius 2 is 1.68 bits per heavy atom. The third kappa shape index (κ3) is 5.41. The number of imidazole rings is 1.